The van der Waals surface area contributed by atoms with Crippen LogP contribution < -0.4 is 23.8 Å². The summed E-state index contributed by atoms with van der Waals surface area (Å²) in [6.45, 7) is 4.43. The second kappa shape index (κ2) is 15.1. The lowest BCUT2D eigenvalue weighted by atomic mass is 9.94. The number of nitrogens with zero attached hydrogens (tertiary/aromatic N) is 3. The Balaban J connectivity index is 1.37. The Morgan fingerprint density at radius 1 is 0.880 bits per heavy atom. The summed E-state index contributed by atoms with van der Waals surface area (Å²) in [5.74, 6) is 0.116. The van der Waals surface area contributed by atoms with Gasteiger partial charge in [0.2, 0.25) is 10.9 Å². The molecule has 1 aliphatic heterocycles. The maximum Gasteiger partial charge on any atom is 0.301 e. The van der Waals surface area contributed by atoms with Crippen LogP contribution in [-0.2, 0) is 21.9 Å². The molecule has 10 nitrogen and oxygen atoms in total. The molecule has 5 aromatic rings. The SMILES string of the molecule is COc1cc(C2C(=C(O)c3ccc(OCc4ccccc4C)cc3)C(=O)C(=O)N2c2nnc(SCc3ccc(C)cc3)s2)cc(OC)c1OC. The van der Waals surface area contributed by atoms with Gasteiger partial charge in [0.05, 0.1) is 32.9 Å². The Bertz CT molecular complexity index is 2030. The number of hydrogen-bond donors (Lipinski definition) is 1. The van der Waals surface area contributed by atoms with Crippen molar-refractivity contribution in [2.24, 2.45) is 0 Å². The van der Waals surface area contributed by atoms with E-state index in [1.54, 1.807) is 36.4 Å². The van der Waals surface area contributed by atoms with E-state index in [9.17, 15) is 14.7 Å². The molecule has 1 atom stereocenters. The van der Waals surface area contributed by atoms with Crippen LogP contribution in [0.4, 0.5) is 5.13 Å². The van der Waals surface area contributed by atoms with Crippen molar-refractivity contribution in [3.8, 4) is 23.0 Å². The topological polar surface area (TPSA) is 120 Å². The number of aryl methyl sites for hydroxylation is 2. The molecule has 1 saturated heterocycles. The van der Waals surface area contributed by atoms with Gasteiger partial charge in [-0.15, -0.1) is 10.2 Å². The number of aliphatic hydroxyl groups is 1. The second-order valence-electron chi connectivity index (χ2n) is 11.5. The van der Waals surface area contributed by atoms with Crippen molar-refractivity contribution in [1.29, 1.82) is 0 Å². The van der Waals surface area contributed by atoms with E-state index >= 15 is 0 Å². The van der Waals surface area contributed by atoms with Crippen LogP contribution in [0.3, 0.4) is 0 Å². The Labute approximate surface area is 298 Å². The van der Waals surface area contributed by atoms with Gasteiger partial charge in [-0.2, -0.15) is 0 Å². The Morgan fingerprint density at radius 2 is 1.56 bits per heavy atom. The number of Topliss-reactive ketones (excluding diaryl/α,β-unsaturated/α-hetero) is 1. The van der Waals surface area contributed by atoms with E-state index in [4.69, 9.17) is 18.9 Å². The number of amides is 1. The first-order valence-electron chi connectivity index (χ1n) is 15.6. The normalized spacial score (nSPS) is 15.3. The molecule has 50 heavy (non-hydrogen) atoms. The van der Waals surface area contributed by atoms with Crippen LogP contribution in [0.5, 0.6) is 23.0 Å². The van der Waals surface area contributed by atoms with Crippen molar-refractivity contribution in [1.82, 2.24) is 10.2 Å². The van der Waals surface area contributed by atoms with E-state index in [-0.39, 0.29) is 16.5 Å². The quantitative estimate of drug-likeness (QED) is 0.0454. The predicted molar refractivity (Wildman–Crippen MR) is 193 cm³/mol. The number of carbonyl (C=O) groups is 2. The third-order valence-electron chi connectivity index (χ3n) is 8.32. The molecule has 1 aromatic heterocycles. The van der Waals surface area contributed by atoms with Gasteiger partial charge in [0.1, 0.15) is 18.1 Å². The van der Waals surface area contributed by atoms with Gasteiger partial charge in [-0.1, -0.05) is 77.2 Å². The lowest BCUT2D eigenvalue weighted by molar-refractivity contribution is -0.132. The summed E-state index contributed by atoms with van der Waals surface area (Å²) in [4.78, 5) is 29.0. The first-order valence-corrected chi connectivity index (χ1v) is 17.4. The summed E-state index contributed by atoms with van der Waals surface area (Å²) < 4.78 is 23.3. The lowest BCUT2D eigenvalue weighted by Crippen LogP contribution is -2.29. The summed E-state index contributed by atoms with van der Waals surface area (Å²) in [6.07, 6.45) is 0. The van der Waals surface area contributed by atoms with Crippen molar-refractivity contribution >= 4 is 45.7 Å². The van der Waals surface area contributed by atoms with Crippen LogP contribution >= 0.6 is 23.1 Å². The third kappa shape index (κ3) is 7.03. The molecule has 6 rings (SSSR count). The molecule has 1 aliphatic rings. The summed E-state index contributed by atoms with van der Waals surface area (Å²) >= 11 is 2.66. The number of ether oxygens (including phenoxy) is 4. The van der Waals surface area contributed by atoms with Crippen LogP contribution in [0.25, 0.3) is 5.76 Å². The lowest BCUT2D eigenvalue weighted by Gasteiger charge is -2.24. The molecule has 1 unspecified atom stereocenters. The van der Waals surface area contributed by atoms with E-state index in [2.05, 4.69) is 22.3 Å². The molecule has 256 valence electrons. The number of aliphatic hydroxyl groups excluding tert-OH is 1. The monoisotopic (exact) mass is 709 g/mol. The molecule has 4 aromatic carbocycles. The van der Waals surface area contributed by atoms with Crippen LogP contribution in [0.15, 0.2) is 94.8 Å². The molecule has 0 saturated carbocycles. The van der Waals surface area contributed by atoms with E-state index in [0.29, 0.717) is 50.8 Å². The largest absolute Gasteiger partial charge is 0.507 e. The zero-order valence-electron chi connectivity index (χ0n) is 28.1. The number of aromatic nitrogens is 2. The Morgan fingerprint density at radius 3 is 2.20 bits per heavy atom. The van der Waals surface area contributed by atoms with Crippen LogP contribution in [0, 0.1) is 13.8 Å². The van der Waals surface area contributed by atoms with E-state index in [0.717, 1.165) is 16.7 Å². The zero-order valence-corrected chi connectivity index (χ0v) is 29.8. The number of carbonyl (C=O) groups excluding carboxylic acids is 2. The first-order chi connectivity index (χ1) is 24.2. The van der Waals surface area contributed by atoms with Gasteiger partial charge >= 0.3 is 5.91 Å². The Hall–Kier alpha value is -5.33. The molecule has 1 fully saturated rings. The molecule has 1 amide bonds. The molecule has 1 N–H and O–H groups in total. The number of benzene rings is 4. The highest BCUT2D eigenvalue weighted by Gasteiger charge is 2.49. The molecule has 0 bridgehead atoms. The summed E-state index contributed by atoms with van der Waals surface area (Å²) in [6, 6.07) is 25.1. The van der Waals surface area contributed by atoms with Crippen molar-refractivity contribution < 1.29 is 33.6 Å². The zero-order chi connectivity index (χ0) is 35.4. The van der Waals surface area contributed by atoms with E-state index in [1.807, 2.05) is 50.2 Å². The summed E-state index contributed by atoms with van der Waals surface area (Å²) in [5.41, 5.74) is 5.09. The third-order valence-corrected chi connectivity index (χ3v) is 10.4. The average Bonchev–Trinajstić information content (AvgIpc) is 3.71. The smallest absolute Gasteiger partial charge is 0.301 e. The molecule has 0 spiro atoms. The van der Waals surface area contributed by atoms with Gasteiger partial charge in [-0.05, 0) is 72.5 Å². The van der Waals surface area contributed by atoms with Crippen molar-refractivity contribution in [3.63, 3.8) is 0 Å². The second-order valence-corrected chi connectivity index (χ2v) is 13.7. The number of thioether (sulfide) groups is 1. The first kappa shape index (κ1) is 34.5. The van der Waals surface area contributed by atoms with Gasteiger partial charge < -0.3 is 24.1 Å². The fraction of sp³-hybridized carbons (Fsp3) is 0.211. The van der Waals surface area contributed by atoms with E-state index < -0.39 is 17.7 Å². The Kier molecular flexibility index (Phi) is 10.4. The molecular formula is C38H35N3O7S2. The average molecular weight is 710 g/mol. The minimum Gasteiger partial charge on any atom is -0.507 e. The standard InChI is InChI=1S/C38H35N3O7S2/c1-22-10-12-24(13-11-22)21-49-38-40-39-37(50-38)41-32(27-18-29(45-3)35(47-5)30(19-27)46-4)31(34(43)36(41)44)33(42)25-14-16-28(17-15-25)48-20-26-9-7-6-8-23(26)2/h6-19,32,42H,20-21H2,1-5H3. The van der Waals surface area contributed by atoms with Crippen LogP contribution in [-0.4, -0.2) is 48.3 Å². The van der Waals surface area contributed by atoms with Gasteiger partial charge in [0, 0.05) is 11.3 Å². The highest BCUT2D eigenvalue weighted by Crippen LogP contribution is 2.48. The molecule has 2 heterocycles. The van der Waals surface area contributed by atoms with E-state index in [1.165, 1.54) is 54.9 Å². The predicted octanol–water partition coefficient (Wildman–Crippen LogP) is 7.68. The highest BCUT2D eigenvalue weighted by atomic mass is 32.2. The summed E-state index contributed by atoms with van der Waals surface area (Å²) in [5, 5.41) is 20.6. The number of methoxy groups -OCH3 is 3. The van der Waals surface area contributed by atoms with Gasteiger partial charge in [-0.3, -0.25) is 14.5 Å². The number of ketones is 1. The van der Waals surface area contributed by atoms with Crippen LogP contribution in [0.1, 0.15) is 39.4 Å². The van der Waals surface area contributed by atoms with Crippen molar-refractivity contribution in [3.05, 3.63) is 124 Å². The molecular weight excluding hydrogens is 675 g/mol. The molecule has 0 radical (unpaired) electrons. The highest BCUT2D eigenvalue weighted by molar-refractivity contribution is 8.00. The number of hydrogen-bond acceptors (Lipinski definition) is 11. The van der Waals surface area contributed by atoms with Crippen LogP contribution in [0.2, 0.25) is 0 Å². The van der Waals surface area contributed by atoms with Gasteiger partial charge in [-0.25, -0.2) is 0 Å². The maximum atomic E-state index is 13.9. The van der Waals surface area contributed by atoms with Crippen molar-refractivity contribution in [2.45, 2.75) is 36.6 Å². The minimum absolute atomic E-state index is 0.123. The molecule has 12 heteroatoms. The van der Waals surface area contributed by atoms with Gasteiger partial charge in [0.25, 0.3) is 5.78 Å². The molecule has 0 aliphatic carbocycles. The minimum atomic E-state index is -1.09. The number of anilines is 1. The number of rotatable bonds is 12. The summed E-state index contributed by atoms with van der Waals surface area (Å²) in [7, 11) is 4.43. The fourth-order valence-corrected chi connectivity index (χ4v) is 7.41. The fourth-order valence-electron chi connectivity index (χ4n) is 5.59. The van der Waals surface area contributed by atoms with Gasteiger partial charge in [0.15, 0.2) is 15.8 Å². The maximum absolute atomic E-state index is 13.9. The van der Waals surface area contributed by atoms with Crippen molar-refractivity contribution in [2.75, 3.05) is 26.2 Å².